The Morgan fingerprint density at radius 3 is 2.67 bits per heavy atom. The number of halogens is 2. The van der Waals surface area contributed by atoms with E-state index in [1.54, 1.807) is 0 Å². The van der Waals surface area contributed by atoms with Gasteiger partial charge >= 0.3 is 0 Å². The molecule has 0 aromatic heterocycles. The summed E-state index contributed by atoms with van der Waals surface area (Å²) in [5.74, 6) is 0.792. The molecule has 118 valence electrons. The summed E-state index contributed by atoms with van der Waals surface area (Å²) in [6, 6.07) is 3.96. The summed E-state index contributed by atoms with van der Waals surface area (Å²) in [6.45, 7) is 6.45. The van der Waals surface area contributed by atoms with E-state index in [-0.39, 0.29) is 17.7 Å². The van der Waals surface area contributed by atoms with Crippen LogP contribution in [0.3, 0.4) is 0 Å². The largest absolute Gasteiger partial charge is 0.307 e. The average molecular weight is 295 g/mol. The molecule has 1 N–H and O–H groups in total. The van der Waals surface area contributed by atoms with Crippen LogP contribution < -0.4 is 5.32 Å². The van der Waals surface area contributed by atoms with Crippen LogP contribution in [0.15, 0.2) is 18.2 Å². The molecule has 21 heavy (non-hydrogen) atoms. The minimum Gasteiger partial charge on any atom is -0.307 e. The Balaban J connectivity index is 1.95. The van der Waals surface area contributed by atoms with Crippen LogP contribution in [-0.4, -0.2) is 6.04 Å². The van der Waals surface area contributed by atoms with Crippen LogP contribution in [-0.2, 0) is 0 Å². The Labute approximate surface area is 127 Å². The summed E-state index contributed by atoms with van der Waals surface area (Å²) in [4.78, 5) is 0. The Hall–Kier alpha value is -0.960. The maximum Gasteiger partial charge on any atom is 0.128 e. The second-order valence-electron chi connectivity index (χ2n) is 6.91. The van der Waals surface area contributed by atoms with E-state index < -0.39 is 0 Å². The Kier molecular flexibility index (Phi) is 5.74. The van der Waals surface area contributed by atoms with Crippen molar-refractivity contribution in [3.05, 3.63) is 35.4 Å². The van der Waals surface area contributed by atoms with Crippen molar-refractivity contribution in [1.29, 1.82) is 0 Å². The number of hydrogen-bond donors (Lipinski definition) is 1. The van der Waals surface area contributed by atoms with Gasteiger partial charge in [0.05, 0.1) is 0 Å². The van der Waals surface area contributed by atoms with Crippen LogP contribution >= 0.6 is 0 Å². The van der Waals surface area contributed by atoms with Crippen LogP contribution in [0, 0.1) is 23.5 Å². The van der Waals surface area contributed by atoms with Crippen molar-refractivity contribution in [2.75, 3.05) is 0 Å². The number of benzene rings is 1. The normalized spacial score (nSPS) is 24.3. The van der Waals surface area contributed by atoms with E-state index in [4.69, 9.17) is 0 Å². The molecule has 1 nitrogen and oxygen atoms in total. The van der Waals surface area contributed by atoms with Crippen LogP contribution in [0.2, 0.25) is 0 Å². The van der Waals surface area contributed by atoms with Gasteiger partial charge in [-0.3, -0.25) is 0 Å². The molecule has 3 heteroatoms. The monoisotopic (exact) mass is 295 g/mol. The summed E-state index contributed by atoms with van der Waals surface area (Å²) >= 11 is 0. The molecule has 1 saturated carbocycles. The van der Waals surface area contributed by atoms with E-state index >= 15 is 0 Å². The van der Waals surface area contributed by atoms with Gasteiger partial charge in [-0.25, -0.2) is 8.78 Å². The number of nitrogens with one attached hydrogen (secondary N) is 1. The van der Waals surface area contributed by atoms with Gasteiger partial charge in [0.25, 0.3) is 0 Å². The van der Waals surface area contributed by atoms with Crippen molar-refractivity contribution in [3.63, 3.8) is 0 Å². The highest BCUT2D eigenvalue weighted by Crippen LogP contribution is 2.31. The summed E-state index contributed by atoms with van der Waals surface area (Å²) in [5, 5.41) is 3.50. The lowest BCUT2D eigenvalue weighted by molar-refractivity contribution is 0.241. The highest BCUT2D eigenvalue weighted by atomic mass is 19.1. The first-order valence-corrected chi connectivity index (χ1v) is 8.16. The van der Waals surface area contributed by atoms with Crippen molar-refractivity contribution in [2.24, 2.45) is 11.8 Å². The van der Waals surface area contributed by atoms with Crippen molar-refractivity contribution >= 4 is 0 Å². The third-order valence-corrected chi connectivity index (χ3v) is 4.50. The predicted octanol–water partition coefficient (Wildman–Crippen LogP) is 5.22. The highest BCUT2D eigenvalue weighted by molar-refractivity contribution is 5.22. The zero-order valence-corrected chi connectivity index (χ0v) is 13.3. The minimum absolute atomic E-state index is 0.150. The SMILES string of the molecule is CC(C)CC1CCCC(NC(C)c2cc(F)ccc2F)C1. The van der Waals surface area contributed by atoms with E-state index in [9.17, 15) is 8.78 Å². The van der Waals surface area contributed by atoms with Gasteiger partial charge in [0.2, 0.25) is 0 Å². The summed E-state index contributed by atoms with van der Waals surface area (Å²) in [7, 11) is 0. The number of hydrogen-bond acceptors (Lipinski definition) is 1. The third-order valence-electron chi connectivity index (χ3n) is 4.50. The topological polar surface area (TPSA) is 12.0 Å². The molecule has 0 aliphatic heterocycles. The van der Waals surface area contributed by atoms with Gasteiger partial charge in [-0.2, -0.15) is 0 Å². The van der Waals surface area contributed by atoms with Crippen LogP contribution in [0.1, 0.15) is 64.5 Å². The molecule has 0 spiro atoms. The first-order valence-electron chi connectivity index (χ1n) is 8.16. The Morgan fingerprint density at radius 2 is 1.95 bits per heavy atom. The summed E-state index contributed by atoms with van der Waals surface area (Å²) < 4.78 is 27.1. The first kappa shape index (κ1) is 16.4. The van der Waals surface area contributed by atoms with Gasteiger partial charge in [-0.05, 0) is 56.2 Å². The lowest BCUT2D eigenvalue weighted by atomic mass is 9.81. The van der Waals surface area contributed by atoms with Gasteiger partial charge in [-0.15, -0.1) is 0 Å². The predicted molar refractivity (Wildman–Crippen MR) is 83.1 cm³/mol. The average Bonchev–Trinajstić information content (AvgIpc) is 2.41. The van der Waals surface area contributed by atoms with Crippen LogP contribution in [0.5, 0.6) is 0 Å². The molecule has 3 unspecified atom stereocenters. The fourth-order valence-electron chi connectivity index (χ4n) is 3.61. The fraction of sp³-hybridized carbons (Fsp3) is 0.667. The molecule has 0 saturated heterocycles. The maximum atomic E-state index is 13.8. The zero-order valence-electron chi connectivity index (χ0n) is 13.3. The van der Waals surface area contributed by atoms with E-state index in [0.717, 1.165) is 24.7 Å². The second-order valence-corrected chi connectivity index (χ2v) is 6.91. The molecule has 0 amide bonds. The maximum absolute atomic E-state index is 13.8. The van der Waals surface area contributed by atoms with Crippen molar-refractivity contribution in [3.8, 4) is 0 Å². The third kappa shape index (κ3) is 4.77. The molecule has 1 aliphatic rings. The molecule has 2 rings (SSSR count). The molecule has 1 aromatic carbocycles. The smallest absolute Gasteiger partial charge is 0.128 e. The molecule has 0 bridgehead atoms. The number of rotatable bonds is 5. The van der Waals surface area contributed by atoms with Gasteiger partial charge < -0.3 is 5.32 Å². The van der Waals surface area contributed by atoms with Crippen molar-refractivity contribution in [1.82, 2.24) is 5.32 Å². The molecule has 1 aromatic rings. The lowest BCUT2D eigenvalue weighted by Crippen LogP contribution is -2.36. The molecule has 3 atom stereocenters. The molecule has 1 aliphatic carbocycles. The molecular weight excluding hydrogens is 268 g/mol. The quantitative estimate of drug-likeness (QED) is 0.785. The van der Waals surface area contributed by atoms with Gasteiger partial charge in [0.15, 0.2) is 0 Å². The highest BCUT2D eigenvalue weighted by Gasteiger charge is 2.24. The van der Waals surface area contributed by atoms with Gasteiger partial charge in [0.1, 0.15) is 11.6 Å². The van der Waals surface area contributed by atoms with E-state index in [0.29, 0.717) is 11.6 Å². The van der Waals surface area contributed by atoms with Crippen LogP contribution in [0.4, 0.5) is 8.78 Å². The van der Waals surface area contributed by atoms with E-state index in [1.807, 2.05) is 6.92 Å². The lowest BCUT2D eigenvalue weighted by Gasteiger charge is -2.33. The molecule has 0 radical (unpaired) electrons. The van der Waals surface area contributed by atoms with Gasteiger partial charge in [-0.1, -0.05) is 26.7 Å². The standard InChI is InChI=1S/C18H27F2N/c1-12(2)9-14-5-4-6-16(10-14)21-13(3)17-11-15(19)7-8-18(17)20/h7-8,11-14,16,21H,4-6,9-10H2,1-3H3. The van der Waals surface area contributed by atoms with Crippen LogP contribution in [0.25, 0.3) is 0 Å². The summed E-state index contributed by atoms with van der Waals surface area (Å²) in [5.41, 5.74) is 0.431. The van der Waals surface area contributed by atoms with E-state index in [1.165, 1.54) is 37.5 Å². The second kappa shape index (κ2) is 7.35. The fourth-order valence-corrected chi connectivity index (χ4v) is 3.61. The zero-order chi connectivity index (χ0) is 15.4. The molecule has 1 fully saturated rings. The van der Waals surface area contributed by atoms with Gasteiger partial charge in [0, 0.05) is 17.6 Å². The summed E-state index contributed by atoms with van der Waals surface area (Å²) in [6.07, 6.45) is 6.09. The molecular formula is C18H27F2N. The Morgan fingerprint density at radius 1 is 1.19 bits per heavy atom. The minimum atomic E-state index is -0.374. The molecule has 0 heterocycles. The first-order chi connectivity index (χ1) is 9.95. The Bertz CT molecular complexity index is 459. The van der Waals surface area contributed by atoms with Crippen molar-refractivity contribution in [2.45, 2.75) is 65.0 Å². The van der Waals surface area contributed by atoms with E-state index in [2.05, 4.69) is 19.2 Å². The van der Waals surface area contributed by atoms with Crippen molar-refractivity contribution < 1.29 is 8.78 Å².